The van der Waals surface area contributed by atoms with E-state index in [2.05, 4.69) is 17.1 Å². The second-order valence-electron chi connectivity index (χ2n) is 5.18. The van der Waals surface area contributed by atoms with E-state index in [1.54, 1.807) is 0 Å². The number of nitrogens with one attached hydrogen (secondary N) is 1. The summed E-state index contributed by atoms with van der Waals surface area (Å²) in [6.45, 7) is 0. The Morgan fingerprint density at radius 3 is 2.43 bits per heavy atom. The molecule has 0 aliphatic heterocycles. The van der Waals surface area contributed by atoms with E-state index in [0.717, 1.165) is 35.0 Å². The molecule has 0 aliphatic carbocycles. The van der Waals surface area contributed by atoms with Gasteiger partial charge in [0.2, 0.25) is 0 Å². The van der Waals surface area contributed by atoms with Gasteiger partial charge in [-0.2, -0.15) is 0 Å². The quantitative estimate of drug-likeness (QED) is 0.750. The van der Waals surface area contributed by atoms with E-state index in [0.29, 0.717) is 0 Å². The number of carbonyl (C=O) groups is 1. The molecular formula is C18H17NO2. The Hall–Kier alpha value is -2.55. The van der Waals surface area contributed by atoms with Crippen molar-refractivity contribution in [3.05, 3.63) is 71.4 Å². The van der Waals surface area contributed by atoms with Crippen molar-refractivity contribution in [1.29, 1.82) is 0 Å². The maximum absolute atomic E-state index is 11.1. The molecule has 106 valence electrons. The molecule has 3 rings (SSSR count). The first kappa shape index (κ1) is 13.4. The molecule has 0 radical (unpaired) electrons. The number of hydrogen-bond acceptors (Lipinski definition) is 1. The van der Waals surface area contributed by atoms with Gasteiger partial charge in [0, 0.05) is 16.6 Å². The number of H-pyrrole nitrogens is 1. The van der Waals surface area contributed by atoms with Crippen molar-refractivity contribution in [2.75, 3.05) is 0 Å². The van der Waals surface area contributed by atoms with Crippen LogP contribution in [0.4, 0.5) is 0 Å². The van der Waals surface area contributed by atoms with Crippen molar-refractivity contribution < 1.29 is 9.90 Å². The second-order valence-corrected chi connectivity index (χ2v) is 5.18. The number of rotatable bonds is 5. The molecule has 0 atom stereocenters. The summed E-state index contributed by atoms with van der Waals surface area (Å²) in [4.78, 5) is 14.5. The molecule has 3 nitrogen and oxygen atoms in total. The molecule has 0 bridgehead atoms. The molecule has 21 heavy (non-hydrogen) atoms. The molecule has 0 unspecified atom stereocenters. The van der Waals surface area contributed by atoms with Crippen LogP contribution in [0.15, 0.2) is 54.6 Å². The van der Waals surface area contributed by atoms with E-state index in [-0.39, 0.29) is 6.42 Å². The van der Waals surface area contributed by atoms with Gasteiger partial charge in [0.15, 0.2) is 0 Å². The molecule has 2 aromatic carbocycles. The molecule has 1 heterocycles. The molecule has 2 N–H and O–H groups in total. The highest BCUT2D eigenvalue weighted by atomic mass is 16.4. The summed E-state index contributed by atoms with van der Waals surface area (Å²) in [5, 5.41) is 10.2. The lowest BCUT2D eigenvalue weighted by molar-refractivity contribution is -0.136. The minimum atomic E-state index is -0.791. The minimum absolute atomic E-state index is 0.0636. The standard InChI is InChI=1S/C18H17NO2/c20-18(21)12-15-14-8-4-5-9-16(14)19-17(15)11-10-13-6-2-1-3-7-13/h1-9,19H,10-12H2,(H,20,21). The first-order valence-corrected chi connectivity index (χ1v) is 7.08. The van der Waals surface area contributed by atoms with E-state index >= 15 is 0 Å². The third-order valence-corrected chi connectivity index (χ3v) is 3.74. The first-order valence-electron chi connectivity index (χ1n) is 7.08. The number of aryl methyl sites for hydroxylation is 2. The summed E-state index contributed by atoms with van der Waals surface area (Å²) >= 11 is 0. The largest absolute Gasteiger partial charge is 0.481 e. The van der Waals surface area contributed by atoms with Crippen molar-refractivity contribution in [2.45, 2.75) is 19.3 Å². The van der Waals surface area contributed by atoms with Gasteiger partial charge >= 0.3 is 5.97 Å². The maximum Gasteiger partial charge on any atom is 0.307 e. The second kappa shape index (κ2) is 5.83. The van der Waals surface area contributed by atoms with Crippen LogP contribution in [0.25, 0.3) is 10.9 Å². The molecular weight excluding hydrogens is 262 g/mol. The molecule has 0 fully saturated rings. The Balaban J connectivity index is 1.91. The van der Waals surface area contributed by atoms with Crippen LogP contribution in [-0.2, 0) is 24.1 Å². The average Bonchev–Trinajstić information content (AvgIpc) is 2.84. The Bertz CT molecular complexity index is 759. The number of aliphatic carboxylic acids is 1. The van der Waals surface area contributed by atoms with E-state index in [1.165, 1.54) is 5.56 Å². The summed E-state index contributed by atoms with van der Waals surface area (Å²) in [5.74, 6) is -0.791. The highest BCUT2D eigenvalue weighted by molar-refractivity contribution is 5.88. The summed E-state index contributed by atoms with van der Waals surface area (Å²) in [6, 6.07) is 18.1. The summed E-state index contributed by atoms with van der Waals surface area (Å²) in [6.07, 6.45) is 1.79. The van der Waals surface area contributed by atoms with Gasteiger partial charge in [-0.15, -0.1) is 0 Å². The zero-order chi connectivity index (χ0) is 14.7. The van der Waals surface area contributed by atoms with Crippen LogP contribution in [0.5, 0.6) is 0 Å². The fourth-order valence-electron chi connectivity index (χ4n) is 2.74. The van der Waals surface area contributed by atoms with Crippen LogP contribution in [0.1, 0.15) is 16.8 Å². The predicted molar refractivity (Wildman–Crippen MR) is 83.5 cm³/mol. The van der Waals surface area contributed by atoms with Gasteiger partial charge < -0.3 is 10.1 Å². The maximum atomic E-state index is 11.1. The average molecular weight is 279 g/mol. The molecule has 0 saturated heterocycles. The first-order chi connectivity index (χ1) is 10.2. The fraction of sp³-hybridized carbons (Fsp3) is 0.167. The summed E-state index contributed by atoms with van der Waals surface area (Å²) in [5.41, 5.74) is 4.21. The Kier molecular flexibility index (Phi) is 3.73. The predicted octanol–water partition coefficient (Wildman–Crippen LogP) is 3.58. The van der Waals surface area contributed by atoms with Crippen LogP contribution < -0.4 is 0 Å². The van der Waals surface area contributed by atoms with Gasteiger partial charge in [0.1, 0.15) is 0 Å². The molecule has 0 aliphatic rings. The van der Waals surface area contributed by atoms with Crippen molar-refractivity contribution in [2.24, 2.45) is 0 Å². The van der Waals surface area contributed by atoms with E-state index in [9.17, 15) is 4.79 Å². The van der Waals surface area contributed by atoms with Crippen molar-refractivity contribution in [3.63, 3.8) is 0 Å². The van der Waals surface area contributed by atoms with Gasteiger partial charge in [-0.25, -0.2) is 0 Å². The third-order valence-electron chi connectivity index (χ3n) is 3.74. The lowest BCUT2D eigenvalue weighted by Crippen LogP contribution is -2.03. The highest BCUT2D eigenvalue weighted by Crippen LogP contribution is 2.24. The van der Waals surface area contributed by atoms with Crippen molar-refractivity contribution in [3.8, 4) is 0 Å². The van der Waals surface area contributed by atoms with Gasteiger partial charge in [-0.1, -0.05) is 48.5 Å². The number of aromatic nitrogens is 1. The highest BCUT2D eigenvalue weighted by Gasteiger charge is 2.13. The molecule has 3 aromatic rings. The monoisotopic (exact) mass is 279 g/mol. The number of carboxylic acids is 1. The summed E-state index contributed by atoms with van der Waals surface area (Å²) < 4.78 is 0. The van der Waals surface area contributed by atoms with Crippen molar-refractivity contribution >= 4 is 16.9 Å². The number of para-hydroxylation sites is 1. The number of benzene rings is 2. The Labute approximate surface area is 123 Å². The van der Waals surface area contributed by atoms with Gasteiger partial charge in [-0.3, -0.25) is 4.79 Å². The zero-order valence-corrected chi connectivity index (χ0v) is 11.7. The number of hydrogen-bond donors (Lipinski definition) is 2. The molecule has 0 amide bonds. The zero-order valence-electron chi connectivity index (χ0n) is 11.7. The van der Waals surface area contributed by atoms with E-state index in [4.69, 9.17) is 5.11 Å². The van der Waals surface area contributed by atoms with Crippen LogP contribution in [0.3, 0.4) is 0 Å². The van der Waals surface area contributed by atoms with Crippen molar-refractivity contribution in [1.82, 2.24) is 4.98 Å². The number of fused-ring (bicyclic) bond motifs is 1. The molecule has 3 heteroatoms. The van der Waals surface area contributed by atoms with Gasteiger partial charge in [0.25, 0.3) is 0 Å². The van der Waals surface area contributed by atoms with Crippen LogP contribution in [-0.4, -0.2) is 16.1 Å². The SMILES string of the molecule is O=C(O)Cc1c(CCc2ccccc2)[nH]c2ccccc12. The fourth-order valence-corrected chi connectivity index (χ4v) is 2.74. The van der Waals surface area contributed by atoms with Crippen LogP contribution in [0, 0.1) is 0 Å². The normalized spacial score (nSPS) is 10.9. The number of aromatic amines is 1. The third kappa shape index (κ3) is 2.97. The Morgan fingerprint density at radius 1 is 0.952 bits per heavy atom. The molecule has 0 saturated carbocycles. The summed E-state index contributed by atoms with van der Waals surface area (Å²) in [7, 11) is 0. The topological polar surface area (TPSA) is 53.1 Å². The molecule has 1 aromatic heterocycles. The van der Waals surface area contributed by atoms with Gasteiger partial charge in [-0.05, 0) is 30.0 Å². The lowest BCUT2D eigenvalue weighted by atomic mass is 10.0. The van der Waals surface area contributed by atoms with Crippen LogP contribution in [0.2, 0.25) is 0 Å². The van der Waals surface area contributed by atoms with Gasteiger partial charge in [0.05, 0.1) is 6.42 Å². The minimum Gasteiger partial charge on any atom is -0.481 e. The smallest absolute Gasteiger partial charge is 0.307 e. The number of carboxylic acid groups (broad SMARTS) is 1. The lowest BCUT2D eigenvalue weighted by Gasteiger charge is -2.03. The Morgan fingerprint density at radius 2 is 1.67 bits per heavy atom. The van der Waals surface area contributed by atoms with E-state index in [1.807, 2.05) is 42.5 Å². The van der Waals surface area contributed by atoms with Crippen LogP contribution >= 0.6 is 0 Å². The molecule has 0 spiro atoms. The van der Waals surface area contributed by atoms with E-state index < -0.39 is 5.97 Å².